The van der Waals surface area contributed by atoms with Gasteiger partial charge in [0.25, 0.3) is 0 Å². The van der Waals surface area contributed by atoms with Crippen molar-refractivity contribution in [1.82, 2.24) is 9.97 Å². The quantitative estimate of drug-likeness (QED) is 0.833. The molecule has 6 heteroatoms. The molecular formula is C19H26N4O2. The topological polar surface area (TPSA) is 59.5 Å². The Kier molecular flexibility index (Phi) is 5.93. The van der Waals surface area contributed by atoms with E-state index in [9.17, 15) is 0 Å². The van der Waals surface area contributed by atoms with Gasteiger partial charge in [-0.25, -0.2) is 9.97 Å². The second-order valence-corrected chi connectivity index (χ2v) is 6.27. The summed E-state index contributed by atoms with van der Waals surface area (Å²) in [7, 11) is 1.65. The fourth-order valence-corrected chi connectivity index (χ4v) is 2.96. The van der Waals surface area contributed by atoms with Gasteiger partial charge < -0.3 is 19.7 Å². The molecule has 1 fully saturated rings. The van der Waals surface area contributed by atoms with Crippen LogP contribution in [0.25, 0.3) is 0 Å². The van der Waals surface area contributed by atoms with Gasteiger partial charge in [0.15, 0.2) is 11.5 Å². The molecule has 25 heavy (non-hydrogen) atoms. The fourth-order valence-electron chi connectivity index (χ4n) is 2.96. The molecule has 2 aromatic rings. The normalized spacial score (nSPS) is 15.5. The second-order valence-electron chi connectivity index (χ2n) is 6.27. The van der Waals surface area contributed by atoms with Crippen LogP contribution in [0.5, 0.6) is 11.5 Å². The molecule has 2 heterocycles. The zero-order valence-electron chi connectivity index (χ0n) is 14.9. The number of piperidine rings is 1. The average molecular weight is 342 g/mol. The molecule has 0 amide bonds. The maximum Gasteiger partial charge on any atom is 0.161 e. The van der Waals surface area contributed by atoms with E-state index in [0.717, 1.165) is 36.2 Å². The zero-order valence-corrected chi connectivity index (χ0v) is 14.9. The van der Waals surface area contributed by atoms with Crippen molar-refractivity contribution in [3.8, 4) is 11.5 Å². The smallest absolute Gasteiger partial charge is 0.161 e. The first kappa shape index (κ1) is 17.3. The van der Waals surface area contributed by atoms with Crippen molar-refractivity contribution in [3.63, 3.8) is 0 Å². The molecule has 1 aromatic heterocycles. The van der Waals surface area contributed by atoms with Crippen molar-refractivity contribution in [2.45, 2.75) is 32.3 Å². The minimum atomic E-state index is -0.0234. The lowest BCUT2D eigenvalue weighted by atomic mass is 10.1. The highest BCUT2D eigenvalue weighted by Crippen LogP contribution is 2.27. The molecule has 1 N–H and O–H groups in total. The summed E-state index contributed by atoms with van der Waals surface area (Å²) in [5.41, 5.74) is 0. The lowest BCUT2D eigenvalue weighted by Gasteiger charge is -2.27. The van der Waals surface area contributed by atoms with E-state index < -0.39 is 0 Å². The number of aromatic nitrogens is 2. The minimum Gasteiger partial charge on any atom is -0.493 e. The lowest BCUT2D eigenvalue weighted by Crippen LogP contribution is -2.30. The molecule has 0 radical (unpaired) electrons. The Labute approximate surface area is 149 Å². The maximum absolute atomic E-state index is 5.96. The molecule has 1 saturated heterocycles. The first-order valence-corrected chi connectivity index (χ1v) is 8.87. The second kappa shape index (κ2) is 8.55. The van der Waals surface area contributed by atoms with Gasteiger partial charge >= 0.3 is 0 Å². The summed E-state index contributed by atoms with van der Waals surface area (Å²) in [6.45, 7) is 4.81. The van der Waals surface area contributed by atoms with Crippen LogP contribution in [0.2, 0.25) is 0 Å². The third kappa shape index (κ3) is 4.75. The summed E-state index contributed by atoms with van der Waals surface area (Å²) < 4.78 is 11.3. The standard InChI is InChI=1S/C19H26N4O2/c1-15(25-17-9-5-4-8-16(17)24-2)13-20-18-12-19(22-14-21-18)23-10-6-3-7-11-23/h4-5,8-9,12,14-15H,3,6-7,10-11,13H2,1-2H3,(H,20,21,22). The van der Waals surface area contributed by atoms with Crippen LogP contribution in [0.4, 0.5) is 11.6 Å². The van der Waals surface area contributed by atoms with Gasteiger partial charge in [-0.05, 0) is 38.3 Å². The van der Waals surface area contributed by atoms with E-state index in [1.165, 1.54) is 19.3 Å². The Balaban J connectivity index is 1.55. The van der Waals surface area contributed by atoms with Gasteiger partial charge in [-0.2, -0.15) is 0 Å². The third-order valence-electron chi connectivity index (χ3n) is 4.30. The molecule has 1 unspecified atom stereocenters. The van der Waals surface area contributed by atoms with Crippen LogP contribution in [0.1, 0.15) is 26.2 Å². The summed E-state index contributed by atoms with van der Waals surface area (Å²) in [5.74, 6) is 3.31. The lowest BCUT2D eigenvalue weighted by molar-refractivity contribution is 0.223. The van der Waals surface area contributed by atoms with Crippen LogP contribution >= 0.6 is 0 Å². The Hall–Kier alpha value is -2.50. The Bertz CT molecular complexity index is 674. The first-order valence-electron chi connectivity index (χ1n) is 8.87. The molecule has 3 rings (SSSR count). The molecule has 1 aliphatic heterocycles. The van der Waals surface area contributed by atoms with Gasteiger partial charge in [-0.15, -0.1) is 0 Å². The largest absolute Gasteiger partial charge is 0.493 e. The number of nitrogens with one attached hydrogen (secondary N) is 1. The van der Waals surface area contributed by atoms with Crippen LogP contribution in [0.15, 0.2) is 36.7 Å². The van der Waals surface area contributed by atoms with Gasteiger partial charge in [-0.1, -0.05) is 12.1 Å². The summed E-state index contributed by atoms with van der Waals surface area (Å²) in [4.78, 5) is 11.0. The predicted molar refractivity (Wildman–Crippen MR) is 99.7 cm³/mol. The summed E-state index contributed by atoms with van der Waals surface area (Å²) in [5, 5.41) is 3.34. The van der Waals surface area contributed by atoms with Crippen LogP contribution in [0.3, 0.4) is 0 Å². The number of anilines is 2. The number of rotatable bonds is 7. The number of para-hydroxylation sites is 2. The highest BCUT2D eigenvalue weighted by molar-refractivity contribution is 5.48. The van der Waals surface area contributed by atoms with Crippen molar-refractivity contribution in [1.29, 1.82) is 0 Å². The predicted octanol–water partition coefficient (Wildman–Crippen LogP) is 3.35. The highest BCUT2D eigenvalue weighted by Gasteiger charge is 2.13. The highest BCUT2D eigenvalue weighted by atomic mass is 16.5. The van der Waals surface area contributed by atoms with Gasteiger partial charge in [-0.3, -0.25) is 0 Å². The Morgan fingerprint density at radius 1 is 1.12 bits per heavy atom. The number of nitrogens with zero attached hydrogens (tertiary/aromatic N) is 3. The molecule has 134 valence electrons. The monoisotopic (exact) mass is 342 g/mol. The van der Waals surface area contributed by atoms with Gasteiger partial charge in [0.2, 0.25) is 0 Å². The molecule has 6 nitrogen and oxygen atoms in total. The van der Waals surface area contributed by atoms with Crippen molar-refractivity contribution >= 4 is 11.6 Å². The van der Waals surface area contributed by atoms with Crippen LogP contribution in [-0.2, 0) is 0 Å². The van der Waals surface area contributed by atoms with E-state index in [1.807, 2.05) is 37.3 Å². The van der Waals surface area contributed by atoms with E-state index in [0.29, 0.717) is 6.54 Å². The SMILES string of the molecule is COc1ccccc1OC(C)CNc1cc(N2CCCCC2)ncn1. The van der Waals surface area contributed by atoms with Crippen molar-refractivity contribution in [2.75, 3.05) is 37.0 Å². The van der Waals surface area contributed by atoms with Gasteiger partial charge in [0.1, 0.15) is 24.1 Å². The molecule has 1 aliphatic rings. The maximum atomic E-state index is 5.96. The fraction of sp³-hybridized carbons (Fsp3) is 0.474. The number of ether oxygens (including phenoxy) is 2. The van der Waals surface area contributed by atoms with E-state index >= 15 is 0 Å². The number of benzene rings is 1. The van der Waals surface area contributed by atoms with Crippen LogP contribution in [-0.4, -0.2) is 42.8 Å². The van der Waals surface area contributed by atoms with Crippen molar-refractivity contribution < 1.29 is 9.47 Å². The number of hydrogen-bond donors (Lipinski definition) is 1. The third-order valence-corrected chi connectivity index (χ3v) is 4.30. The van der Waals surface area contributed by atoms with E-state index in [2.05, 4.69) is 20.2 Å². The summed E-state index contributed by atoms with van der Waals surface area (Å²) in [6, 6.07) is 9.69. The van der Waals surface area contributed by atoms with E-state index in [-0.39, 0.29) is 6.10 Å². The number of methoxy groups -OCH3 is 1. The molecule has 0 aliphatic carbocycles. The summed E-state index contributed by atoms with van der Waals surface area (Å²) in [6.07, 6.45) is 5.37. The van der Waals surface area contributed by atoms with Crippen molar-refractivity contribution in [2.24, 2.45) is 0 Å². The molecule has 0 saturated carbocycles. The average Bonchev–Trinajstić information content (AvgIpc) is 2.68. The van der Waals surface area contributed by atoms with E-state index in [4.69, 9.17) is 9.47 Å². The molecule has 1 aromatic carbocycles. The van der Waals surface area contributed by atoms with Crippen LogP contribution in [0, 0.1) is 0 Å². The molecule has 1 atom stereocenters. The van der Waals surface area contributed by atoms with Gasteiger partial charge in [0, 0.05) is 19.2 Å². The van der Waals surface area contributed by atoms with E-state index in [1.54, 1.807) is 13.4 Å². The molecule has 0 bridgehead atoms. The summed E-state index contributed by atoms with van der Waals surface area (Å²) >= 11 is 0. The zero-order chi connectivity index (χ0) is 17.5. The van der Waals surface area contributed by atoms with Crippen molar-refractivity contribution in [3.05, 3.63) is 36.7 Å². The number of hydrogen-bond acceptors (Lipinski definition) is 6. The Morgan fingerprint density at radius 3 is 2.64 bits per heavy atom. The first-order chi connectivity index (χ1) is 12.3. The molecular weight excluding hydrogens is 316 g/mol. The van der Waals surface area contributed by atoms with Gasteiger partial charge in [0.05, 0.1) is 13.7 Å². The minimum absolute atomic E-state index is 0.0234. The Morgan fingerprint density at radius 2 is 1.88 bits per heavy atom. The van der Waals surface area contributed by atoms with Crippen LogP contribution < -0.4 is 19.7 Å². The molecule has 0 spiro atoms.